The fourth-order valence-corrected chi connectivity index (χ4v) is 2.15. The van der Waals surface area contributed by atoms with Crippen LogP contribution >= 0.6 is 23.7 Å². The summed E-state index contributed by atoms with van der Waals surface area (Å²) < 4.78 is 4.86. The van der Waals surface area contributed by atoms with E-state index in [0.717, 1.165) is 5.01 Å². The molecule has 0 bridgehead atoms. The normalized spacial score (nSPS) is 11.3. The van der Waals surface area contributed by atoms with Crippen LogP contribution in [0, 0.1) is 5.92 Å². The molecule has 1 rings (SSSR count). The summed E-state index contributed by atoms with van der Waals surface area (Å²) in [4.78, 5) is 27.3. The van der Waals surface area contributed by atoms with E-state index in [9.17, 15) is 9.59 Å². The zero-order valence-electron chi connectivity index (χ0n) is 11.5. The second-order valence-corrected chi connectivity index (χ2v) is 4.97. The molecule has 8 heteroatoms. The highest BCUT2D eigenvalue weighted by Gasteiger charge is 2.16. The fourth-order valence-electron chi connectivity index (χ4n) is 1.36. The fraction of sp³-hybridized carbons (Fsp3) is 0.583. The highest BCUT2D eigenvalue weighted by Crippen LogP contribution is 2.10. The first kappa shape index (κ1) is 18.8. The molecule has 1 aromatic heterocycles. The molecule has 114 valence electrons. The van der Waals surface area contributed by atoms with E-state index in [1.165, 1.54) is 11.3 Å². The Hall–Kier alpha value is -1.18. The minimum absolute atomic E-state index is 0. The predicted molar refractivity (Wildman–Crippen MR) is 80.3 cm³/mol. The highest BCUT2D eigenvalue weighted by atomic mass is 35.5. The van der Waals surface area contributed by atoms with Gasteiger partial charge in [-0.05, 0) is 13.5 Å². The molecule has 0 aliphatic carbocycles. The summed E-state index contributed by atoms with van der Waals surface area (Å²) in [7, 11) is 0. The molecule has 6 nitrogen and oxygen atoms in total. The number of nitrogens with two attached hydrogens (primary N) is 1. The van der Waals surface area contributed by atoms with E-state index in [0.29, 0.717) is 25.3 Å². The molecule has 0 aliphatic heterocycles. The van der Waals surface area contributed by atoms with Crippen LogP contribution in [0.15, 0.2) is 5.38 Å². The Morgan fingerprint density at radius 3 is 2.85 bits per heavy atom. The lowest BCUT2D eigenvalue weighted by Crippen LogP contribution is -2.32. The van der Waals surface area contributed by atoms with Gasteiger partial charge in [0.25, 0.3) is 5.91 Å². The number of amides is 1. The van der Waals surface area contributed by atoms with E-state index in [2.05, 4.69) is 10.3 Å². The zero-order chi connectivity index (χ0) is 14.3. The smallest absolute Gasteiger partial charge is 0.310 e. The van der Waals surface area contributed by atoms with Crippen molar-refractivity contribution < 1.29 is 14.3 Å². The van der Waals surface area contributed by atoms with Crippen molar-refractivity contribution in [3.05, 3.63) is 16.1 Å². The van der Waals surface area contributed by atoms with Crippen LogP contribution in [-0.4, -0.2) is 36.6 Å². The summed E-state index contributed by atoms with van der Waals surface area (Å²) in [6.07, 6.45) is 0.664. The Kier molecular flexibility index (Phi) is 9.11. The Morgan fingerprint density at radius 2 is 2.25 bits per heavy atom. The Morgan fingerprint density at radius 1 is 1.55 bits per heavy atom. The molecular weight excluding hydrogens is 302 g/mol. The largest absolute Gasteiger partial charge is 0.466 e. The predicted octanol–water partition coefficient (Wildman–Crippen LogP) is 0.995. The third-order valence-electron chi connectivity index (χ3n) is 2.40. The lowest BCUT2D eigenvalue weighted by molar-refractivity contribution is -0.147. The molecule has 0 saturated heterocycles. The quantitative estimate of drug-likeness (QED) is 0.730. The zero-order valence-corrected chi connectivity index (χ0v) is 13.2. The molecule has 1 amide bonds. The molecular formula is C12H20ClN3O3S. The summed E-state index contributed by atoms with van der Waals surface area (Å²) in [5.74, 6) is -0.966. The monoisotopic (exact) mass is 321 g/mol. The van der Waals surface area contributed by atoms with Crippen LogP contribution in [0.3, 0.4) is 0 Å². The van der Waals surface area contributed by atoms with Gasteiger partial charge in [-0.15, -0.1) is 23.7 Å². The van der Waals surface area contributed by atoms with Crippen molar-refractivity contribution in [2.45, 2.75) is 20.3 Å². The molecule has 1 aromatic rings. The third-order valence-corrected chi connectivity index (χ3v) is 3.31. The number of carbonyl (C=O) groups is 2. The van der Waals surface area contributed by atoms with Crippen molar-refractivity contribution in [2.24, 2.45) is 11.7 Å². The maximum atomic E-state index is 11.8. The number of nitrogens with zero attached hydrogens (tertiary/aromatic N) is 1. The van der Waals surface area contributed by atoms with Crippen LogP contribution in [0.25, 0.3) is 0 Å². The van der Waals surface area contributed by atoms with E-state index in [4.69, 9.17) is 10.5 Å². The van der Waals surface area contributed by atoms with Crippen molar-refractivity contribution >= 4 is 35.6 Å². The number of aromatic nitrogens is 1. The van der Waals surface area contributed by atoms with Crippen molar-refractivity contribution in [2.75, 3.05) is 19.7 Å². The van der Waals surface area contributed by atoms with E-state index in [1.54, 1.807) is 19.2 Å². The summed E-state index contributed by atoms with van der Waals surface area (Å²) in [5, 5.41) is 5.20. The topological polar surface area (TPSA) is 94.3 Å². The van der Waals surface area contributed by atoms with Gasteiger partial charge in [0.15, 0.2) is 0 Å². The molecule has 0 saturated carbocycles. The molecule has 1 atom stereocenters. The number of thiazole rings is 1. The molecule has 3 N–H and O–H groups in total. The highest BCUT2D eigenvalue weighted by molar-refractivity contribution is 7.09. The van der Waals surface area contributed by atoms with Crippen LogP contribution in [-0.2, 0) is 16.0 Å². The summed E-state index contributed by atoms with van der Waals surface area (Å²) in [6.45, 7) is 4.54. The number of rotatable bonds is 7. The SMILES string of the molecule is CCOC(=O)C(C)CNC(=O)c1csc(CCN)n1.Cl. The van der Waals surface area contributed by atoms with Crippen molar-refractivity contribution in [1.82, 2.24) is 10.3 Å². The molecule has 0 spiro atoms. The molecule has 0 aromatic carbocycles. The second-order valence-electron chi connectivity index (χ2n) is 4.03. The first-order chi connectivity index (χ1) is 9.08. The van der Waals surface area contributed by atoms with Crippen LogP contribution < -0.4 is 11.1 Å². The van der Waals surface area contributed by atoms with Gasteiger partial charge < -0.3 is 15.8 Å². The maximum absolute atomic E-state index is 11.8. The Bertz CT molecular complexity index is 439. The van der Waals surface area contributed by atoms with Gasteiger partial charge in [0, 0.05) is 18.3 Å². The number of esters is 1. The number of hydrogen-bond donors (Lipinski definition) is 2. The van der Waals surface area contributed by atoms with E-state index in [1.807, 2.05) is 0 Å². The maximum Gasteiger partial charge on any atom is 0.310 e. The lowest BCUT2D eigenvalue weighted by atomic mass is 10.2. The van der Waals surface area contributed by atoms with E-state index >= 15 is 0 Å². The van der Waals surface area contributed by atoms with E-state index in [-0.39, 0.29) is 36.7 Å². The third kappa shape index (κ3) is 5.85. The number of carbonyl (C=O) groups excluding carboxylic acids is 2. The molecule has 1 unspecified atom stereocenters. The minimum Gasteiger partial charge on any atom is -0.466 e. The van der Waals surface area contributed by atoms with E-state index < -0.39 is 0 Å². The van der Waals surface area contributed by atoms with Crippen molar-refractivity contribution in [3.8, 4) is 0 Å². The number of nitrogens with one attached hydrogen (secondary N) is 1. The van der Waals surface area contributed by atoms with Gasteiger partial charge in [0.05, 0.1) is 17.5 Å². The summed E-state index contributed by atoms with van der Waals surface area (Å²) in [5.41, 5.74) is 5.79. The molecule has 0 radical (unpaired) electrons. The molecule has 0 fully saturated rings. The molecule has 1 heterocycles. The summed E-state index contributed by atoms with van der Waals surface area (Å²) in [6, 6.07) is 0. The van der Waals surface area contributed by atoms with Crippen LogP contribution in [0.2, 0.25) is 0 Å². The van der Waals surface area contributed by atoms with Crippen LogP contribution in [0.4, 0.5) is 0 Å². The Balaban J connectivity index is 0.00000361. The second kappa shape index (κ2) is 9.68. The average Bonchev–Trinajstić information content (AvgIpc) is 2.85. The number of ether oxygens (including phenoxy) is 1. The molecule has 0 aliphatic rings. The van der Waals surface area contributed by atoms with Gasteiger partial charge in [-0.1, -0.05) is 6.92 Å². The first-order valence-electron chi connectivity index (χ1n) is 6.17. The van der Waals surface area contributed by atoms with Gasteiger partial charge in [-0.25, -0.2) is 4.98 Å². The van der Waals surface area contributed by atoms with Crippen LogP contribution in [0.5, 0.6) is 0 Å². The van der Waals surface area contributed by atoms with Crippen LogP contribution in [0.1, 0.15) is 29.3 Å². The minimum atomic E-state index is -0.369. The standard InChI is InChI=1S/C12H19N3O3S.ClH/c1-3-18-12(17)8(2)6-14-11(16)9-7-19-10(15-9)4-5-13;/h7-8H,3-6,13H2,1-2H3,(H,14,16);1H. The lowest BCUT2D eigenvalue weighted by Gasteiger charge is -2.10. The first-order valence-corrected chi connectivity index (χ1v) is 7.05. The van der Waals surface area contributed by atoms with Gasteiger partial charge in [-0.2, -0.15) is 0 Å². The number of halogens is 1. The number of hydrogen-bond acceptors (Lipinski definition) is 6. The summed E-state index contributed by atoms with van der Waals surface area (Å²) >= 11 is 1.41. The van der Waals surface area contributed by atoms with Gasteiger partial charge in [0.1, 0.15) is 5.69 Å². The van der Waals surface area contributed by atoms with Gasteiger partial charge in [0.2, 0.25) is 0 Å². The Labute approximate surface area is 128 Å². The van der Waals surface area contributed by atoms with Crippen molar-refractivity contribution in [1.29, 1.82) is 0 Å². The molecule has 20 heavy (non-hydrogen) atoms. The average molecular weight is 322 g/mol. The van der Waals surface area contributed by atoms with Gasteiger partial charge in [-0.3, -0.25) is 9.59 Å². The van der Waals surface area contributed by atoms with Crippen molar-refractivity contribution in [3.63, 3.8) is 0 Å². The van der Waals surface area contributed by atoms with Gasteiger partial charge >= 0.3 is 5.97 Å².